The molecule has 182 valence electrons. The third kappa shape index (κ3) is 3.91. The standard InChI is InChI=1S/C35H30O2/c1-5-25-21-29(17-15-27(25)19-23(3)36)35(30-18-16-28(20-24(4)37)26(6-2)22-30)33-13-9-7-11-31(33)32-12-8-10-14-34(32)35/h5-22,36-37H,1-2H2,3-4H3/b23-19+,24-20+. The van der Waals surface area contributed by atoms with Gasteiger partial charge in [-0.25, -0.2) is 0 Å². The van der Waals surface area contributed by atoms with Crippen molar-refractivity contribution in [2.24, 2.45) is 0 Å². The molecule has 0 saturated heterocycles. The molecule has 2 N–H and O–H groups in total. The first-order valence-electron chi connectivity index (χ1n) is 12.4. The minimum atomic E-state index is -0.574. The average molecular weight is 483 g/mol. The van der Waals surface area contributed by atoms with Crippen LogP contribution in [0.5, 0.6) is 0 Å². The first-order chi connectivity index (χ1) is 17.9. The predicted molar refractivity (Wildman–Crippen MR) is 156 cm³/mol. The first-order valence-corrected chi connectivity index (χ1v) is 12.4. The molecule has 0 aliphatic heterocycles. The summed E-state index contributed by atoms with van der Waals surface area (Å²) in [6, 6.07) is 30.0. The molecule has 2 nitrogen and oxygen atoms in total. The summed E-state index contributed by atoms with van der Waals surface area (Å²) in [6.07, 6.45) is 7.20. The molecule has 0 amide bonds. The number of rotatable bonds is 6. The van der Waals surface area contributed by atoms with Gasteiger partial charge in [0.1, 0.15) is 0 Å². The van der Waals surface area contributed by atoms with Crippen LogP contribution in [0.3, 0.4) is 0 Å². The molecule has 0 spiro atoms. The number of hydrogen-bond acceptors (Lipinski definition) is 2. The Labute approximate surface area is 218 Å². The zero-order valence-electron chi connectivity index (χ0n) is 21.2. The lowest BCUT2D eigenvalue weighted by atomic mass is 9.67. The summed E-state index contributed by atoms with van der Waals surface area (Å²) in [6.45, 7) is 11.5. The molecule has 1 aliphatic carbocycles. The van der Waals surface area contributed by atoms with E-state index in [1.165, 1.54) is 22.3 Å². The Hall–Kier alpha value is -4.56. The SMILES string of the molecule is C=Cc1cc(C2(c3ccc(/C=C(\C)O)c(C=C)c3)c3ccccc3-c3ccccc32)ccc1/C=C(\C)O. The lowest BCUT2D eigenvalue weighted by Gasteiger charge is -2.34. The molecular weight excluding hydrogens is 452 g/mol. The summed E-state index contributed by atoms with van der Waals surface area (Å²) in [5.41, 5.74) is 10.2. The first kappa shape index (κ1) is 24.1. The van der Waals surface area contributed by atoms with Gasteiger partial charge in [-0.1, -0.05) is 98.1 Å². The van der Waals surface area contributed by atoms with E-state index in [1.807, 2.05) is 12.2 Å². The minimum Gasteiger partial charge on any atom is -0.513 e. The van der Waals surface area contributed by atoms with Crippen molar-refractivity contribution < 1.29 is 10.2 Å². The van der Waals surface area contributed by atoms with Crippen molar-refractivity contribution in [3.63, 3.8) is 0 Å². The monoisotopic (exact) mass is 482 g/mol. The van der Waals surface area contributed by atoms with Gasteiger partial charge in [-0.3, -0.25) is 0 Å². The highest BCUT2D eigenvalue weighted by atomic mass is 16.3. The number of hydrogen-bond donors (Lipinski definition) is 2. The molecule has 0 saturated carbocycles. The van der Waals surface area contributed by atoms with Gasteiger partial charge in [0.05, 0.1) is 16.9 Å². The number of aliphatic hydroxyl groups is 2. The van der Waals surface area contributed by atoms with E-state index in [0.29, 0.717) is 0 Å². The summed E-state index contributed by atoms with van der Waals surface area (Å²) >= 11 is 0. The molecule has 4 aromatic carbocycles. The molecule has 0 radical (unpaired) electrons. The van der Waals surface area contributed by atoms with Crippen LogP contribution in [0.4, 0.5) is 0 Å². The summed E-state index contributed by atoms with van der Waals surface area (Å²) in [5.74, 6) is 0.501. The minimum absolute atomic E-state index is 0.251. The number of aliphatic hydroxyl groups excluding tert-OH is 2. The van der Waals surface area contributed by atoms with Crippen molar-refractivity contribution >= 4 is 24.3 Å². The van der Waals surface area contributed by atoms with E-state index in [4.69, 9.17) is 0 Å². The summed E-state index contributed by atoms with van der Waals surface area (Å²) in [4.78, 5) is 0. The van der Waals surface area contributed by atoms with Crippen molar-refractivity contribution in [3.05, 3.63) is 154 Å². The predicted octanol–water partition coefficient (Wildman–Crippen LogP) is 9.17. The van der Waals surface area contributed by atoms with Crippen LogP contribution >= 0.6 is 0 Å². The van der Waals surface area contributed by atoms with E-state index in [9.17, 15) is 10.2 Å². The molecule has 0 unspecified atom stereocenters. The summed E-state index contributed by atoms with van der Waals surface area (Å²) in [7, 11) is 0. The van der Waals surface area contributed by atoms with Gasteiger partial charge in [-0.2, -0.15) is 0 Å². The largest absolute Gasteiger partial charge is 0.513 e. The fourth-order valence-corrected chi connectivity index (χ4v) is 5.71. The highest BCUT2D eigenvalue weighted by molar-refractivity contribution is 5.87. The Morgan fingerprint density at radius 1 is 0.595 bits per heavy atom. The van der Waals surface area contributed by atoms with Gasteiger partial charge < -0.3 is 10.2 Å². The van der Waals surface area contributed by atoms with E-state index in [1.54, 1.807) is 26.0 Å². The van der Waals surface area contributed by atoms with Crippen LogP contribution in [0.1, 0.15) is 58.4 Å². The molecule has 4 aromatic rings. The van der Waals surface area contributed by atoms with Crippen molar-refractivity contribution in [1.29, 1.82) is 0 Å². The smallest absolute Gasteiger partial charge is 0.0897 e. The highest BCUT2D eigenvalue weighted by Gasteiger charge is 2.46. The zero-order valence-corrected chi connectivity index (χ0v) is 21.2. The molecule has 2 heteroatoms. The molecule has 5 rings (SSSR count). The second-order valence-electron chi connectivity index (χ2n) is 9.51. The maximum atomic E-state index is 9.94. The van der Waals surface area contributed by atoms with Gasteiger partial charge in [0.2, 0.25) is 0 Å². The zero-order chi connectivity index (χ0) is 26.2. The lowest BCUT2D eigenvalue weighted by molar-refractivity contribution is 0.419. The van der Waals surface area contributed by atoms with Gasteiger partial charge in [-0.15, -0.1) is 0 Å². The number of allylic oxidation sites excluding steroid dienone is 2. The quantitative estimate of drug-likeness (QED) is 0.237. The van der Waals surface area contributed by atoms with Crippen LogP contribution in [-0.4, -0.2) is 10.2 Å². The van der Waals surface area contributed by atoms with Crippen LogP contribution in [-0.2, 0) is 5.41 Å². The maximum Gasteiger partial charge on any atom is 0.0897 e. The van der Waals surface area contributed by atoms with Crippen molar-refractivity contribution in [1.82, 2.24) is 0 Å². The summed E-state index contributed by atoms with van der Waals surface area (Å²) < 4.78 is 0. The lowest BCUT2D eigenvalue weighted by Crippen LogP contribution is -2.29. The van der Waals surface area contributed by atoms with Gasteiger partial charge in [-0.05, 0) is 93.8 Å². The van der Waals surface area contributed by atoms with Gasteiger partial charge >= 0.3 is 0 Å². The second kappa shape index (κ2) is 9.48. The normalized spacial score (nSPS) is 14.1. The third-order valence-corrected chi connectivity index (χ3v) is 7.16. The number of benzene rings is 4. The highest BCUT2D eigenvalue weighted by Crippen LogP contribution is 2.56. The van der Waals surface area contributed by atoms with E-state index < -0.39 is 5.41 Å². The fourth-order valence-electron chi connectivity index (χ4n) is 5.71. The van der Waals surface area contributed by atoms with Gasteiger partial charge in [0.15, 0.2) is 0 Å². The molecule has 0 atom stereocenters. The molecular formula is C35H30O2. The molecule has 1 aliphatic rings. The van der Waals surface area contributed by atoms with Crippen LogP contribution in [0.2, 0.25) is 0 Å². The Morgan fingerprint density at radius 2 is 1.00 bits per heavy atom. The molecule has 0 aromatic heterocycles. The topological polar surface area (TPSA) is 40.5 Å². The van der Waals surface area contributed by atoms with Crippen LogP contribution in [0.15, 0.2) is 110 Å². The van der Waals surface area contributed by atoms with Crippen molar-refractivity contribution in [2.75, 3.05) is 0 Å². The Morgan fingerprint density at radius 3 is 1.38 bits per heavy atom. The van der Waals surface area contributed by atoms with Crippen LogP contribution in [0, 0.1) is 0 Å². The van der Waals surface area contributed by atoms with E-state index in [0.717, 1.165) is 33.4 Å². The fraction of sp³-hybridized carbons (Fsp3) is 0.0857. The van der Waals surface area contributed by atoms with E-state index >= 15 is 0 Å². The van der Waals surface area contributed by atoms with Crippen molar-refractivity contribution in [2.45, 2.75) is 19.3 Å². The Kier molecular flexibility index (Phi) is 6.19. The van der Waals surface area contributed by atoms with Crippen molar-refractivity contribution in [3.8, 4) is 11.1 Å². The molecule has 37 heavy (non-hydrogen) atoms. The summed E-state index contributed by atoms with van der Waals surface area (Å²) in [5, 5.41) is 19.9. The van der Waals surface area contributed by atoms with Crippen LogP contribution < -0.4 is 0 Å². The Bertz CT molecular complexity index is 1470. The third-order valence-electron chi connectivity index (χ3n) is 7.16. The average Bonchev–Trinajstić information content (AvgIpc) is 3.20. The molecule has 0 fully saturated rings. The van der Waals surface area contributed by atoms with E-state index in [2.05, 4.69) is 98.1 Å². The molecule has 0 bridgehead atoms. The Balaban J connectivity index is 1.91. The van der Waals surface area contributed by atoms with Crippen LogP contribution in [0.25, 0.3) is 35.4 Å². The molecule has 0 heterocycles. The second-order valence-corrected chi connectivity index (χ2v) is 9.51. The van der Waals surface area contributed by atoms with E-state index in [-0.39, 0.29) is 11.5 Å². The number of fused-ring (bicyclic) bond motifs is 3. The maximum absolute atomic E-state index is 9.94. The van der Waals surface area contributed by atoms with Gasteiger partial charge in [0, 0.05) is 0 Å². The van der Waals surface area contributed by atoms with Gasteiger partial charge in [0.25, 0.3) is 0 Å².